The zero-order chi connectivity index (χ0) is 15.1. The SMILES string of the molecule is C=Cc1ccc(CN(/C=C\C)c2ccccc2C=C)cc1. The Morgan fingerprint density at radius 2 is 1.67 bits per heavy atom. The molecule has 2 aromatic carbocycles. The third-order valence-electron chi connectivity index (χ3n) is 3.36. The van der Waals surface area contributed by atoms with E-state index in [4.69, 9.17) is 0 Å². The number of allylic oxidation sites excluding steroid dienone is 1. The molecule has 0 saturated heterocycles. The molecule has 106 valence electrons. The Morgan fingerprint density at radius 1 is 0.952 bits per heavy atom. The molecule has 0 unspecified atom stereocenters. The van der Waals surface area contributed by atoms with Crippen molar-refractivity contribution in [2.24, 2.45) is 0 Å². The molecule has 0 spiro atoms. The van der Waals surface area contributed by atoms with Crippen molar-refractivity contribution in [3.8, 4) is 0 Å². The Kier molecular flexibility index (Phi) is 5.16. The number of para-hydroxylation sites is 1. The van der Waals surface area contributed by atoms with Crippen LogP contribution in [0.1, 0.15) is 23.6 Å². The van der Waals surface area contributed by atoms with Crippen molar-refractivity contribution < 1.29 is 0 Å². The lowest BCUT2D eigenvalue weighted by atomic mass is 10.1. The van der Waals surface area contributed by atoms with Crippen molar-refractivity contribution >= 4 is 17.8 Å². The van der Waals surface area contributed by atoms with E-state index in [0.29, 0.717) is 0 Å². The maximum atomic E-state index is 3.90. The van der Waals surface area contributed by atoms with E-state index in [1.165, 1.54) is 11.3 Å². The summed E-state index contributed by atoms with van der Waals surface area (Å²) in [7, 11) is 0. The lowest BCUT2D eigenvalue weighted by Gasteiger charge is -2.23. The molecule has 2 rings (SSSR count). The van der Waals surface area contributed by atoms with Gasteiger partial charge in [0.25, 0.3) is 0 Å². The van der Waals surface area contributed by atoms with E-state index >= 15 is 0 Å². The second-order valence-corrected chi connectivity index (χ2v) is 4.82. The highest BCUT2D eigenvalue weighted by molar-refractivity contribution is 5.68. The van der Waals surface area contributed by atoms with E-state index in [2.05, 4.69) is 72.8 Å². The molecule has 0 heterocycles. The molecule has 1 heteroatoms. The molecular weight excluding hydrogens is 254 g/mol. The normalized spacial score (nSPS) is 10.5. The van der Waals surface area contributed by atoms with Crippen LogP contribution in [0.25, 0.3) is 12.2 Å². The Morgan fingerprint density at radius 3 is 2.29 bits per heavy atom. The summed E-state index contributed by atoms with van der Waals surface area (Å²) < 4.78 is 0. The fourth-order valence-electron chi connectivity index (χ4n) is 2.28. The molecule has 21 heavy (non-hydrogen) atoms. The quantitative estimate of drug-likeness (QED) is 0.671. The Balaban J connectivity index is 2.30. The molecule has 0 radical (unpaired) electrons. The summed E-state index contributed by atoms with van der Waals surface area (Å²) in [4.78, 5) is 2.24. The smallest absolute Gasteiger partial charge is 0.0482 e. The van der Waals surface area contributed by atoms with Gasteiger partial charge in [-0.05, 0) is 29.7 Å². The zero-order valence-electron chi connectivity index (χ0n) is 12.5. The highest BCUT2D eigenvalue weighted by atomic mass is 15.1. The largest absolute Gasteiger partial charge is 0.343 e. The molecule has 0 aliphatic rings. The minimum atomic E-state index is 0.826. The van der Waals surface area contributed by atoms with Crippen molar-refractivity contribution in [1.82, 2.24) is 0 Å². The lowest BCUT2D eigenvalue weighted by Crippen LogP contribution is -2.16. The van der Waals surface area contributed by atoms with Crippen LogP contribution < -0.4 is 4.90 Å². The molecule has 0 aliphatic carbocycles. The first-order valence-corrected chi connectivity index (χ1v) is 7.10. The van der Waals surface area contributed by atoms with Crippen LogP contribution in [0.3, 0.4) is 0 Å². The Labute approximate surface area is 127 Å². The highest BCUT2D eigenvalue weighted by Crippen LogP contribution is 2.24. The van der Waals surface area contributed by atoms with Gasteiger partial charge in [0.1, 0.15) is 0 Å². The Hall–Kier alpha value is -2.54. The fourth-order valence-corrected chi connectivity index (χ4v) is 2.28. The fraction of sp³-hybridized carbons (Fsp3) is 0.100. The van der Waals surface area contributed by atoms with Crippen LogP contribution in [0.15, 0.2) is 74.0 Å². The zero-order valence-corrected chi connectivity index (χ0v) is 12.5. The van der Waals surface area contributed by atoms with Crippen LogP contribution in [-0.2, 0) is 6.54 Å². The van der Waals surface area contributed by atoms with Gasteiger partial charge in [0.2, 0.25) is 0 Å². The van der Waals surface area contributed by atoms with Gasteiger partial charge in [-0.2, -0.15) is 0 Å². The van der Waals surface area contributed by atoms with E-state index in [0.717, 1.165) is 17.7 Å². The molecule has 0 aromatic heterocycles. The predicted molar refractivity (Wildman–Crippen MR) is 94.1 cm³/mol. The van der Waals surface area contributed by atoms with Crippen molar-refractivity contribution in [2.75, 3.05) is 4.90 Å². The summed E-state index contributed by atoms with van der Waals surface area (Å²) in [5.74, 6) is 0. The van der Waals surface area contributed by atoms with E-state index in [-0.39, 0.29) is 0 Å². The molecular formula is C20H21N. The molecule has 0 atom stereocenters. The third kappa shape index (κ3) is 3.73. The maximum Gasteiger partial charge on any atom is 0.0482 e. The van der Waals surface area contributed by atoms with Crippen LogP contribution in [0.4, 0.5) is 5.69 Å². The molecule has 0 bridgehead atoms. The summed E-state index contributed by atoms with van der Waals surface area (Å²) in [6, 6.07) is 16.8. The summed E-state index contributed by atoms with van der Waals surface area (Å²) in [6.45, 7) is 10.5. The van der Waals surface area contributed by atoms with Crippen molar-refractivity contribution in [2.45, 2.75) is 13.5 Å². The summed E-state index contributed by atoms with van der Waals surface area (Å²) in [5.41, 5.74) is 4.71. The van der Waals surface area contributed by atoms with Crippen molar-refractivity contribution in [1.29, 1.82) is 0 Å². The van der Waals surface area contributed by atoms with Crippen LogP contribution in [0.5, 0.6) is 0 Å². The minimum Gasteiger partial charge on any atom is -0.343 e. The second kappa shape index (κ2) is 7.30. The summed E-state index contributed by atoms with van der Waals surface area (Å²) >= 11 is 0. The maximum absolute atomic E-state index is 3.90. The molecule has 0 N–H and O–H groups in total. The number of rotatable bonds is 6. The van der Waals surface area contributed by atoms with Gasteiger partial charge in [-0.25, -0.2) is 0 Å². The van der Waals surface area contributed by atoms with E-state index in [1.54, 1.807) is 0 Å². The number of anilines is 1. The molecule has 2 aromatic rings. The van der Waals surface area contributed by atoms with Gasteiger partial charge < -0.3 is 4.90 Å². The number of hydrogen-bond acceptors (Lipinski definition) is 1. The minimum absolute atomic E-state index is 0.826. The molecule has 0 amide bonds. The summed E-state index contributed by atoms with van der Waals surface area (Å²) in [6.07, 6.45) is 7.91. The van der Waals surface area contributed by atoms with Gasteiger partial charge in [0, 0.05) is 18.4 Å². The molecule has 1 nitrogen and oxygen atoms in total. The highest BCUT2D eigenvalue weighted by Gasteiger charge is 2.07. The Bertz CT molecular complexity index is 635. The summed E-state index contributed by atoms with van der Waals surface area (Å²) in [5, 5.41) is 0. The molecule has 0 fully saturated rings. The number of hydrogen-bond donors (Lipinski definition) is 0. The van der Waals surface area contributed by atoms with E-state index in [9.17, 15) is 0 Å². The van der Waals surface area contributed by atoms with Gasteiger partial charge in [-0.15, -0.1) is 0 Å². The molecule has 0 aliphatic heterocycles. The first kappa shape index (κ1) is 14.9. The van der Waals surface area contributed by atoms with Crippen molar-refractivity contribution in [3.05, 3.63) is 90.7 Å². The van der Waals surface area contributed by atoms with Crippen LogP contribution in [0, 0.1) is 0 Å². The monoisotopic (exact) mass is 275 g/mol. The van der Waals surface area contributed by atoms with Crippen molar-refractivity contribution in [3.63, 3.8) is 0 Å². The average Bonchev–Trinajstić information content (AvgIpc) is 2.55. The van der Waals surface area contributed by atoms with Gasteiger partial charge >= 0.3 is 0 Å². The predicted octanol–water partition coefficient (Wildman–Crippen LogP) is 5.51. The van der Waals surface area contributed by atoms with Crippen LogP contribution >= 0.6 is 0 Å². The van der Waals surface area contributed by atoms with E-state index in [1.807, 2.05) is 25.1 Å². The lowest BCUT2D eigenvalue weighted by molar-refractivity contribution is 0.964. The number of nitrogens with zero attached hydrogens (tertiary/aromatic N) is 1. The second-order valence-electron chi connectivity index (χ2n) is 4.82. The van der Waals surface area contributed by atoms with Crippen LogP contribution in [-0.4, -0.2) is 0 Å². The standard InChI is InChI=1S/C20H21N/c1-4-15-21(20-10-8-7-9-19(20)6-3)16-18-13-11-17(5-2)12-14-18/h4-15H,2-3,16H2,1H3/b15-4-. The topological polar surface area (TPSA) is 3.24 Å². The van der Waals surface area contributed by atoms with Gasteiger partial charge in [0.05, 0.1) is 0 Å². The molecule has 0 saturated carbocycles. The average molecular weight is 275 g/mol. The van der Waals surface area contributed by atoms with Gasteiger partial charge in [-0.3, -0.25) is 0 Å². The van der Waals surface area contributed by atoms with Gasteiger partial charge in [0.15, 0.2) is 0 Å². The third-order valence-corrected chi connectivity index (χ3v) is 3.36. The van der Waals surface area contributed by atoms with Gasteiger partial charge in [-0.1, -0.05) is 73.9 Å². The number of benzene rings is 2. The first-order valence-electron chi connectivity index (χ1n) is 7.10. The first-order chi connectivity index (χ1) is 10.3. The van der Waals surface area contributed by atoms with E-state index < -0.39 is 0 Å². The van der Waals surface area contributed by atoms with Crippen LogP contribution in [0.2, 0.25) is 0 Å².